The highest BCUT2D eigenvalue weighted by atomic mass is 32.1. The molecular weight excluding hydrogens is 352 g/mol. The second-order valence-corrected chi connectivity index (χ2v) is 8.66. The first-order chi connectivity index (χ1) is 12.2. The Morgan fingerprint density at radius 3 is 2.69 bits per heavy atom. The summed E-state index contributed by atoms with van der Waals surface area (Å²) in [7, 11) is 1.71. The number of anilines is 1. The van der Waals surface area contributed by atoms with Crippen LogP contribution in [-0.4, -0.2) is 35.6 Å². The third-order valence-electron chi connectivity index (χ3n) is 6.46. The molecule has 2 fully saturated rings. The summed E-state index contributed by atoms with van der Waals surface area (Å²) in [6.07, 6.45) is 3.25. The van der Waals surface area contributed by atoms with Gasteiger partial charge in [-0.05, 0) is 49.1 Å². The van der Waals surface area contributed by atoms with Gasteiger partial charge in [-0.3, -0.25) is 4.79 Å². The molecule has 7 nitrogen and oxygen atoms in total. The van der Waals surface area contributed by atoms with E-state index in [1.165, 1.54) is 18.0 Å². The Kier molecular flexibility index (Phi) is 4.81. The summed E-state index contributed by atoms with van der Waals surface area (Å²) in [5.74, 6) is -0.367. The number of nitrogens with zero attached hydrogens (tertiary/aromatic N) is 2. The van der Waals surface area contributed by atoms with Crippen molar-refractivity contribution in [2.24, 2.45) is 21.8 Å². The summed E-state index contributed by atoms with van der Waals surface area (Å²) < 4.78 is 9.24. The van der Waals surface area contributed by atoms with E-state index in [1.54, 1.807) is 14.0 Å². The lowest BCUT2D eigenvalue weighted by Gasteiger charge is -2.34. The number of carbonyl (C=O) groups is 2. The minimum atomic E-state index is -0.559. The maximum atomic E-state index is 12.2. The molecule has 142 valence electrons. The van der Waals surface area contributed by atoms with Crippen LogP contribution in [0.25, 0.3) is 0 Å². The number of hydrogen-bond acceptors (Lipinski definition) is 7. The number of aryl methyl sites for hydroxylation is 1. The number of aromatic nitrogens is 1. The van der Waals surface area contributed by atoms with Crippen LogP contribution in [0.15, 0.2) is 5.10 Å². The van der Waals surface area contributed by atoms with Gasteiger partial charge in [-0.1, -0.05) is 20.8 Å². The van der Waals surface area contributed by atoms with Crippen LogP contribution >= 0.6 is 11.5 Å². The standard InChI is InChI=1S/C18H26N4O3S/c1-10-14(15(19-5)26-22-10)16(24)25-9-13(23)21-20-12-8-11-6-7-18(12,4)17(11,2)3/h11,19H,6-9H2,1-5H3,(H,21,23)/t11-,18-/m1/s1. The Bertz CT molecular complexity index is 770. The zero-order valence-corrected chi connectivity index (χ0v) is 16.7. The molecular formula is C18H26N4O3S. The molecule has 0 saturated heterocycles. The second-order valence-electron chi connectivity index (χ2n) is 7.89. The SMILES string of the molecule is CNc1snc(C)c1C(=O)OCC(=O)NN=C1C[C@H]2CC[C@@]1(C)C2(C)C. The largest absolute Gasteiger partial charge is 0.452 e. The van der Waals surface area contributed by atoms with E-state index in [1.807, 2.05) is 0 Å². The maximum absolute atomic E-state index is 12.2. The van der Waals surface area contributed by atoms with E-state index in [0.29, 0.717) is 22.2 Å². The van der Waals surface area contributed by atoms with Crippen LogP contribution in [0.3, 0.4) is 0 Å². The van der Waals surface area contributed by atoms with Crippen LogP contribution in [0.5, 0.6) is 0 Å². The smallest absolute Gasteiger partial charge is 0.343 e. The van der Waals surface area contributed by atoms with E-state index in [-0.39, 0.29) is 17.4 Å². The zero-order valence-electron chi connectivity index (χ0n) is 15.9. The molecule has 3 rings (SSSR count). The van der Waals surface area contributed by atoms with Crippen LogP contribution in [0.1, 0.15) is 56.1 Å². The molecule has 2 aliphatic carbocycles. The average molecular weight is 378 g/mol. The van der Waals surface area contributed by atoms with Crippen molar-refractivity contribution in [3.05, 3.63) is 11.3 Å². The fraction of sp³-hybridized carbons (Fsp3) is 0.667. The quantitative estimate of drug-likeness (QED) is 0.607. The fourth-order valence-electron chi connectivity index (χ4n) is 4.24. The fourth-order valence-corrected chi connectivity index (χ4v) is 4.98. The number of hydrogen-bond donors (Lipinski definition) is 2. The Morgan fingerprint density at radius 2 is 2.12 bits per heavy atom. The first-order valence-corrected chi connectivity index (χ1v) is 9.65. The lowest BCUT2D eigenvalue weighted by molar-refractivity contribution is -0.124. The van der Waals surface area contributed by atoms with Crippen molar-refractivity contribution >= 4 is 34.1 Å². The van der Waals surface area contributed by atoms with Gasteiger partial charge in [-0.2, -0.15) is 9.47 Å². The Balaban J connectivity index is 1.57. The monoisotopic (exact) mass is 378 g/mol. The molecule has 1 aromatic heterocycles. The van der Waals surface area contributed by atoms with Crippen molar-refractivity contribution < 1.29 is 14.3 Å². The maximum Gasteiger partial charge on any atom is 0.343 e. The molecule has 1 amide bonds. The van der Waals surface area contributed by atoms with E-state index in [4.69, 9.17) is 4.74 Å². The van der Waals surface area contributed by atoms with Gasteiger partial charge in [0.05, 0.1) is 5.69 Å². The van der Waals surface area contributed by atoms with E-state index in [9.17, 15) is 9.59 Å². The first-order valence-electron chi connectivity index (χ1n) is 8.87. The number of rotatable bonds is 5. The van der Waals surface area contributed by atoms with Gasteiger partial charge in [0.1, 0.15) is 10.6 Å². The zero-order chi connectivity index (χ0) is 19.1. The van der Waals surface area contributed by atoms with Crippen molar-refractivity contribution in [3.8, 4) is 0 Å². The number of ether oxygens (including phenoxy) is 1. The van der Waals surface area contributed by atoms with Gasteiger partial charge in [0, 0.05) is 18.2 Å². The van der Waals surface area contributed by atoms with Crippen molar-refractivity contribution in [1.82, 2.24) is 9.80 Å². The molecule has 2 N–H and O–H groups in total. The third-order valence-corrected chi connectivity index (χ3v) is 7.41. The number of esters is 1. The Labute approximate surface area is 157 Å². The number of fused-ring (bicyclic) bond motifs is 2. The minimum Gasteiger partial charge on any atom is -0.452 e. The molecule has 2 bridgehead atoms. The summed E-state index contributed by atoms with van der Waals surface area (Å²) in [6.45, 7) is 8.17. The van der Waals surface area contributed by atoms with Gasteiger partial charge in [0.2, 0.25) is 0 Å². The van der Waals surface area contributed by atoms with E-state index < -0.39 is 11.9 Å². The topological polar surface area (TPSA) is 92.7 Å². The average Bonchev–Trinajstić information content (AvgIpc) is 3.14. The third kappa shape index (κ3) is 2.90. The number of nitrogens with one attached hydrogen (secondary N) is 2. The predicted octanol–water partition coefficient (Wildman–Crippen LogP) is 2.97. The van der Waals surface area contributed by atoms with Gasteiger partial charge < -0.3 is 10.1 Å². The number of carbonyl (C=O) groups excluding carboxylic acids is 2. The molecule has 0 unspecified atom stereocenters. The van der Waals surface area contributed by atoms with Crippen molar-refractivity contribution in [2.75, 3.05) is 19.0 Å². The number of amides is 1. The van der Waals surface area contributed by atoms with Crippen molar-refractivity contribution in [2.45, 2.75) is 47.0 Å². The van der Waals surface area contributed by atoms with Crippen LogP contribution in [0.2, 0.25) is 0 Å². The lowest BCUT2D eigenvalue weighted by Crippen LogP contribution is -2.35. The van der Waals surface area contributed by atoms with E-state index in [2.05, 4.69) is 41.0 Å². The highest BCUT2D eigenvalue weighted by Crippen LogP contribution is 2.63. The second kappa shape index (κ2) is 6.64. The molecule has 1 aromatic rings. The highest BCUT2D eigenvalue weighted by molar-refractivity contribution is 7.10. The highest BCUT2D eigenvalue weighted by Gasteiger charge is 2.60. The summed E-state index contributed by atoms with van der Waals surface area (Å²) in [5, 5.41) is 7.91. The normalized spacial score (nSPS) is 27.6. The summed E-state index contributed by atoms with van der Waals surface area (Å²) in [4.78, 5) is 24.3. The van der Waals surface area contributed by atoms with Crippen LogP contribution in [-0.2, 0) is 9.53 Å². The molecule has 0 aromatic carbocycles. The number of hydrazone groups is 1. The predicted molar refractivity (Wildman–Crippen MR) is 101 cm³/mol. The molecule has 2 saturated carbocycles. The molecule has 26 heavy (non-hydrogen) atoms. The van der Waals surface area contributed by atoms with E-state index in [0.717, 1.165) is 18.6 Å². The van der Waals surface area contributed by atoms with Gasteiger partial charge in [-0.15, -0.1) is 0 Å². The molecule has 2 atom stereocenters. The molecule has 0 aliphatic heterocycles. The molecule has 2 aliphatic rings. The lowest BCUT2D eigenvalue weighted by atomic mass is 9.70. The summed E-state index contributed by atoms with van der Waals surface area (Å²) >= 11 is 1.19. The van der Waals surface area contributed by atoms with Crippen molar-refractivity contribution in [1.29, 1.82) is 0 Å². The van der Waals surface area contributed by atoms with Crippen LogP contribution in [0.4, 0.5) is 5.00 Å². The van der Waals surface area contributed by atoms with E-state index >= 15 is 0 Å². The Hall–Kier alpha value is -1.96. The first kappa shape index (κ1) is 18.8. The van der Waals surface area contributed by atoms with Gasteiger partial charge >= 0.3 is 5.97 Å². The van der Waals surface area contributed by atoms with Gasteiger partial charge in [0.15, 0.2) is 6.61 Å². The van der Waals surface area contributed by atoms with Crippen LogP contribution < -0.4 is 10.7 Å². The molecule has 8 heteroatoms. The molecule has 0 radical (unpaired) electrons. The summed E-state index contributed by atoms with van der Waals surface area (Å²) in [5.41, 5.74) is 4.80. The van der Waals surface area contributed by atoms with Crippen LogP contribution in [0, 0.1) is 23.7 Å². The minimum absolute atomic E-state index is 0.0305. The van der Waals surface area contributed by atoms with Gasteiger partial charge in [0.25, 0.3) is 5.91 Å². The summed E-state index contributed by atoms with van der Waals surface area (Å²) in [6, 6.07) is 0. The molecule has 0 spiro atoms. The molecule has 1 heterocycles. The van der Waals surface area contributed by atoms with Gasteiger partial charge in [-0.25, -0.2) is 10.2 Å². The van der Waals surface area contributed by atoms with Crippen molar-refractivity contribution in [3.63, 3.8) is 0 Å². The Morgan fingerprint density at radius 1 is 1.38 bits per heavy atom.